The molecule has 0 aromatic heterocycles. The average molecular weight is 332 g/mol. The van der Waals surface area contributed by atoms with Crippen molar-refractivity contribution in [3.05, 3.63) is 28.2 Å². The van der Waals surface area contributed by atoms with Gasteiger partial charge in [0.25, 0.3) is 5.91 Å². The topological polar surface area (TPSA) is 75.6 Å². The molecule has 21 heavy (non-hydrogen) atoms. The Hall–Kier alpha value is -1.46. The summed E-state index contributed by atoms with van der Waals surface area (Å²) in [7, 11) is 0. The number of rotatable bonds is 6. The Morgan fingerprint density at radius 1 is 1.33 bits per heavy atom. The highest BCUT2D eigenvalue weighted by molar-refractivity contribution is 6.34. The highest BCUT2D eigenvalue weighted by Gasteiger charge is 2.50. The van der Waals surface area contributed by atoms with Crippen LogP contribution in [0.25, 0.3) is 0 Å². The van der Waals surface area contributed by atoms with Gasteiger partial charge in [0.1, 0.15) is 5.75 Å². The molecule has 1 atom stereocenters. The van der Waals surface area contributed by atoms with Gasteiger partial charge >= 0.3 is 5.97 Å². The third-order valence-electron chi connectivity index (χ3n) is 3.43. The maximum absolute atomic E-state index is 11.9. The van der Waals surface area contributed by atoms with E-state index in [4.69, 9.17) is 33.0 Å². The van der Waals surface area contributed by atoms with Crippen LogP contribution in [0.2, 0.25) is 10.0 Å². The summed E-state index contributed by atoms with van der Waals surface area (Å²) in [6.07, 6.45) is 0.396. The first-order valence-corrected chi connectivity index (χ1v) is 7.22. The third kappa shape index (κ3) is 4.02. The largest absolute Gasteiger partial charge is 0.481 e. The number of hydrogen-bond acceptors (Lipinski definition) is 3. The zero-order chi connectivity index (χ0) is 15.6. The molecule has 1 amide bonds. The lowest BCUT2D eigenvalue weighted by molar-refractivity contribution is -0.143. The van der Waals surface area contributed by atoms with E-state index in [1.54, 1.807) is 25.1 Å². The number of aliphatic carboxylic acids is 1. The van der Waals surface area contributed by atoms with Crippen molar-refractivity contribution in [3.8, 4) is 5.75 Å². The zero-order valence-corrected chi connectivity index (χ0v) is 12.9. The molecule has 1 saturated carbocycles. The minimum atomic E-state index is -0.877. The van der Waals surface area contributed by atoms with Crippen LogP contribution in [0.3, 0.4) is 0 Å². The number of amides is 1. The molecule has 0 heterocycles. The Kier molecular flexibility index (Phi) is 4.64. The van der Waals surface area contributed by atoms with E-state index in [2.05, 4.69) is 5.32 Å². The number of halogens is 2. The van der Waals surface area contributed by atoms with Crippen molar-refractivity contribution in [1.29, 1.82) is 0 Å². The summed E-state index contributed by atoms with van der Waals surface area (Å²) in [6.45, 7) is 1.69. The summed E-state index contributed by atoms with van der Waals surface area (Å²) in [6, 6.07) is 4.66. The molecule has 0 radical (unpaired) electrons. The van der Waals surface area contributed by atoms with Crippen LogP contribution in [-0.4, -0.2) is 29.6 Å². The van der Waals surface area contributed by atoms with Crippen LogP contribution in [0, 0.1) is 5.41 Å². The van der Waals surface area contributed by atoms with Gasteiger partial charge in [-0.05, 0) is 38.0 Å². The van der Waals surface area contributed by atoms with Crippen molar-refractivity contribution in [3.63, 3.8) is 0 Å². The van der Waals surface area contributed by atoms with Gasteiger partial charge in [0.05, 0.1) is 5.41 Å². The van der Waals surface area contributed by atoms with E-state index in [-0.39, 0.29) is 12.5 Å². The first-order valence-electron chi connectivity index (χ1n) is 6.46. The lowest BCUT2D eigenvalue weighted by Crippen LogP contribution is -2.41. The molecule has 1 aliphatic carbocycles. The molecule has 2 N–H and O–H groups in total. The van der Waals surface area contributed by atoms with Gasteiger partial charge in [-0.15, -0.1) is 0 Å². The van der Waals surface area contributed by atoms with Gasteiger partial charge in [-0.1, -0.05) is 23.2 Å². The molecule has 5 nitrogen and oxygen atoms in total. The van der Waals surface area contributed by atoms with Crippen molar-refractivity contribution in [2.24, 2.45) is 5.41 Å². The van der Waals surface area contributed by atoms with Crippen LogP contribution in [0.1, 0.15) is 19.8 Å². The Morgan fingerprint density at radius 2 is 1.90 bits per heavy atom. The highest BCUT2D eigenvalue weighted by Crippen LogP contribution is 2.45. The SMILES string of the molecule is CC(Oc1cc(Cl)cc(Cl)c1)C(=O)NCC1(C(=O)O)CC1. The van der Waals surface area contributed by atoms with Gasteiger partial charge in [-0.3, -0.25) is 9.59 Å². The fourth-order valence-electron chi connectivity index (χ4n) is 1.87. The van der Waals surface area contributed by atoms with Crippen LogP contribution in [0.4, 0.5) is 0 Å². The van der Waals surface area contributed by atoms with E-state index in [1.807, 2.05) is 0 Å². The van der Waals surface area contributed by atoms with Gasteiger partial charge < -0.3 is 15.2 Å². The number of carboxylic acids is 1. The molecule has 1 fully saturated rings. The van der Waals surface area contributed by atoms with E-state index in [0.29, 0.717) is 28.6 Å². The lowest BCUT2D eigenvalue weighted by atomic mass is 10.1. The molecule has 7 heteroatoms. The normalized spacial score (nSPS) is 16.9. The molecule has 0 saturated heterocycles. The van der Waals surface area contributed by atoms with Gasteiger partial charge in [0, 0.05) is 16.6 Å². The van der Waals surface area contributed by atoms with E-state index in [1.165, 1.54) is 0 Å². The van der Waals surface area contributed by atoms with Crippen LogP contribution in [-0.2, 0) is 9.59 Å². The fourth-order valence-corrected chi connectivity index (χ4v) is 2.38. The molecule has 0 aliphatic heterocycles. The van der Waals surface area contributed by atoms with E-state index < -0.39 is 17.5 Å². The van der Waals surface area contributed by atoms with E-state index in [0.717, 1.165) is 0 Å². The van der Waals surface area contributed by atoms with E-state index in [9.17, 15) is 9.59 Å². The summed E-state index contributed by atoms with van der Waals surface area (Å²) in [5, 5.41) is 12.5. The van der Waals surface area contributed by atoms with E-state index >= 15 is 0 Å². The number of carboxylic acid groups (broad SMARTS) is 1. The molecule has 1 aromatic carbocycles. The molecule has 0 bridgehead atoms. The second-order valence-corrected chi connectivity index (χ2v) is 6.04. The fraction of sp³-hybridized carbons (Fsp3) is 0.429. The quantitative estimate of drug-likeness (QED) is 0.840. The predicted molar refractivity (Wildman–Crippen MR) is 78.9 cm³/mol. The van der Waals surface area contributed by atoms with Gasteiger partial charge in [-0.2, -0.15) is 0 Å². The van der Waals surface area contributed by atoms with Gasteiger partial charge in [0.2, 0.25) is 0 Å². The van der Waals surface area contributed by atoms with Crippen molar-refractivity contribution < 1.29 is 19.4 Å². The molecule has 2 rings (SSSR count). The van der Waals surface area contributed by atoms with Crippen LogP contribution >= 0.6 is 23.2 Å². The number of carbonyl (C=O) groups is 2. The maximum Gasteiger partial charge on any atom is 0.311 e. The van der Waals surface area contributed by atoms with Crippen LogP contribution < -0.4 is 10.1 Å². The second kappa shape index (κ2) is 6.12. The minimum absolute atomic E-state index is 0.116. The Morgan fingerprint density at radius 3 is 2.38 bits per heavy atom. The smallest absolute Gasteiger partial charge is 0.311 e. The number of nitrogens with one attached hydrogen (secondary N) is 1. The minimum Gasteiger partial charge on any atom is -0.481 e. The zero-order valence-electron chi connectivity index (χ0n) is 11.4. The molecule has 1 unspecified atom stereocenters. The van der Waals surface area contributed by atoms with Crippen molar-refractivity contribution in [2.75, 3.05) is 6.54 Å². The Labute approximate surface area is 132 Å². The standard InChI is InChI=1S/C14H15Cl2NO4/c1-8(21-11-5-9(15)4-10(16)6-11)12(18)17-7-14(2-3-14)13(19)20/h4-6,8H,2-3,7H2,1H3,(H,17,18)(H,19,20). The third-order valence-corrected chi connectivity index (χ3v) is 3.86. The molecule has 114 valence electrons. The van der Waals surface area contributed by atoms with Gasteiger partial charge in [-0.25, -0.2) is 0 Å². The highest BCUT2D eigenvalue weighted by atomic mass is 35.5. The first kappa shape index (κ1) is 15.9. The number of ether oxygens (including phenoxy) is 1. The van der Waals surface area contributed by atoms with Crippen molar-refractivity contribution in [1.82, 2.24) is 5.32 Å². The van der Waals surface area contributed by atoms with Gasteiger partial charge in [0.15, 0.2) is 6.10 Å². The Balaban J connectivity index is 1.89. The average Bonchev–Trinajstić information content (AvgIpc) is 3.15. The number of carbonyl (C=O) groups excluding carboxylic acids is 1. The predicted octanol–water partition coefficient (Wildman–Crippen LogP) is 2.74. The molecule has 1 aliphatic rings. The monoisotopic (exact) mass is 331 g/mol. The lowest BCUT2D eigenvalue weighted by Gasteiger charge is -2.17. The maximum atomic E-state index is 11.9. The summed E-state index contributed by atoms with van der Waals surface area (Å²) >= 11 is 11.7. The van der Waals surface area contributed by atoms with Crippen LogP contribution in [0.15, 0.2) is 18.2 Å². The molecule has 1 aromatic rings. The number of hydrogen-bond donors (Lipinski definition) is 2. The number of benzene rings is 1. The summed E-state index contributed by atoms with van der Waals surface area (Å²) in [4.78, 5) is 22.9. The second-order valence-electron chi connectivity index (χ2n) is 5.17. The van der Waals surface area contributed by atoms with Crippen LogP contribution in [0.5, 0.6) is 5.75 Å². The molecular formula is C14H15Cl2NO4. The summed E-state index contributed by atoms with van der Waals surface area (Å²) in [5.74, 6) is -0.869. The van der Waals surface area contributed by atoms with Crippen molar-refractivity contribution >= 4 is 35.1 Å². The summed E-state index contributed by atoms with van der Waals surface area (Å²) < 4.78 is 5.46. The molecule has 0 spiro atoms. The Bertz CT molecular complexity index is 552. The summed E-state index contributed by atoms with van der Waals surface area (Å²) in [5.41, 5.74) is -0.797. The van der Waals surface area contributed by atoms with Crippen molar-refractivity contribution in [2.45, 2.75) is 25.9 Å². The first-order chi connectivity index (χ1) is 9.82. The molecular weight excluding hydrogens is 317 g/mol.